The van der Waals surface area contributed by atoms with Crippen LogP contribution in [0.25, 0.3) is 0 Å². The van der Waals surface area contributed by atoms with Crippen LogP contribution in [0.4, 0.5) is 5.82 Å². The summed E-state index contributed by atoms with van der Waals surface area (Å²) in [6, 6.07) is 0.0139. The molecule has 158 valence electrons. The molecule has 2 aromatic rings. The number of halogens is 2. The Labute approximate surface area is 179 Å². The Balaban J connectivity index is 0.00000196. The second-order valence-corrected chi connectivity index (χ2v) is 6.61. The maximum atomic E-state index is 5.14. The van der Waals surface area contributed by atoms with Crippen LogP contribution in [0.2, 0.25) is 0 Å². The first-order valence-corrected chi connectivity index (χ1v) is 9.45. The highest BCUT2D eigenvalue weighted by atomic mass is 35.5. The van der Waals surface area contributed by atoms with E-state index in [2.05, 4.69) is 39.2 Å². The van der Waals surface area contributed by atoms with Crippen molar-refractivity contribution in [2.24, 2.45) is 0 Å². The number of ether oxygens (including phenoxy) is 1. The molecule has 1 atom stereocenters. The lowest BCUT2D eigenvalue weighted by atomic mass is 10.1. The number of methoxy groups -OCH3 is 1. The second-order valence-electron chi connectivity index (χ2n) is 6.61. The minimum absolute atomic E-state index is 0. The van der Waals surface area contributed by atoms with Gasteiger partial charge in [-0.25, -0.2) is 9.97 Å². The van der Waals surface area contributed by atoms with E-state index >= 15 is 0 Å². The highest BCUT2D eigenvalue weighted by Gasteiger charge is 2.20. The molecule has 10 heteroatoms. The Bertz CT molecular complexity index is 726. The van der Waals surface area contributed by atoms with Gasteiger partial charge >= 0.3 is 0 Å². The number of hydrogen-bond acceptors (Lipinski definition) is 7. The highest BCUT2D eigenvalue weighted by Crippen LogP contribution is 2.24. The molecule has 8 nitrogen and oxygen atoms in total. The van der Waals surface area contributed by atoms with Crippen LogP contribution in [0, 0.1) is 0 Å². The SMILES string of the molecule is CCc1nc2c(c(NC(C)c3nncn3CCCOC)n1)CCNCC2.Cl.Cl. The van der Waals surface area contributed by atoms with Gasteiger partial charge in [0, 0.05) is 45.2 Å². The predicted octanol–water partition coefficient (Wildman–Crippen LogP) is 2.37. The average Bonchev–Trinajstić information content (AvgIpc) is 2.98. The van der Waals surface area contributed by atoms with E-state index in [1.54, 1.807) is 13.4 Å². The smallest absolute Gasteiger partial charge is 0.155 e. The second kappa shape index (κ2) is 12.2. The van der Waals surface area contributed by atoms with Crippen LogP contribution in [-0.4, -0.2) is 51.5 Å². The van der Waals surface area contributed by atoms with Gasteiger partial charge in [0.25, 0.3) is 0 Å². The van der Waals surface area contributed by atoms with Crippen LogP contribution < -0.4 is 10.6 Å². The third-order valence-corrected chi connectivity index (χ3v) is 4.68. The lowest BCUT2D eigenvalue weighted by Gasteiger charge is -2.19. The summed E-state index contributed by atoms with van der Waals surface area (Å²) >= 11 is 0. The van der Waals surface area contributed by atoms with Crippen LogP contribution in [0.15, 0.2) is 6.33 Å². The van der Waals surface area contributed by atoms with E-state index in [0.717, 1.165) is 75.1 Å². The van der Waals surface area contributed by atoms with Crippen LogP contribution in [0.1, 0.15) is 49.2 Å². The summed E-state index contributed by atoms with van der Waals surface area (Å²) in [7, 11) is 1.72. The standard InChI is InChI=1S/C18H29N7O.2ClH/c1-4-16-22-15-7-9-19-8-6-14(15)17(23-16)21-13(2)18-24-20-12-25(18)10-5-11-26-3;;/h12-13,19H,4-11H2,1-3H3,(H,21,22,23);2*1H. The number of nitrogens with zero attached hydrogens (tertiary/aromatic N) is 5. The van der Waals surface area contributed by atoms with E-state index in [4.69, 9.17) is 14.7 Å². The summed E-state index contributed by atoms with van der Waals surface area (Å²) in [5, 5.41) is 15.4. The summed E-state index contributed by atoms with van der Waals surface area (Å²) in [4.78, 5) is 9.53. The van der Waals surface area contributed by atoms with Crippen LogP contribution >= 0.6 is 24.8 Å². The van der Waals surface area contributed by atoms with Crippen molar-refractivity contribution in [3.05, 3.63) is 29.2 Å². The molecule has 1 aliphatic rings. The van der Waals surface area contributed by atoms with Gasteiger partial charge in [0.15, 0.2) is 5.82 Å². The van der Waals surface area contributed by atoms with Crippen molar-refractivity contribution in [2.75, 3.05) is 32.1 Å². The Morgan fingerprint density at radius 2 is 2.04 bits per heavy atom. The van der Waals surface area contributed by atoms with Crippen LogP contribution in [-0.2, 0) is 30.5 Å². The molecule has 0 aromatic carbocycles. The van der Waals surface area contributed by atoms with E-state index in [1.807, 2.05) is 0 Å². The maximum absolute atomic E-state index is 5.14. The number of anilines is 1. The van der Waals surface area contributed by atoms with Crippen molar-refractivity contribution in [3.8, 4) is 0 Å². The number of nitrogens with one attached hydrogen (secondary N) is 2. The summed E-state index contributed by atoms with van der Waals surface area (Å²) in [5.74, 6) is 2.75. The van der Waals surface area contributed by atoms with Gasteiger partial charge in [0.2, 0.25) is 0 Å². The number of hydrogen-bond donors (Lipinski definition) is 2. The number of aromatic nitrogens is 5. The summed E-state index contributed by atoms with van der Waals surface area (Å²) < 4.78 is 7.23. The average molecular weight is 432 g/mol. The Morgan fingerprint density at radius 1 is 1.25 bits per heavy atom. The number of rotatable bonds is 8. The van der Waals surface area contributed by atoms with Gasteiger partial charge in [-0.15, -0.1) is 35.0 Å². The molecule has 2 N–H and O–H groups in total. The molecule has 28 heavy (non-hydrogen) atoms. The van der Waals surface area contributed by atoms with Crippen molar-refractivity contribution in [3.63, 3.8) is 0 Å². The minimum Gasteiger partial charge on any atom is -0.385 e. The van der Waals surface area contributed by atoms with Crippen molar-refractivity contribution in [1.82, 2.24) is 30.0 Å². The molecule has 0 saturated heterocycles. The monoisotopic (exact) mass is 431 g/mol. The molecule has 0 aliphatic carbocycles. The molecular formula is C18H31Cl2N7O. The third-order valence-electron chi connectivity index (χ3n) is 4.68. The van der Waals surface area contributed by atoms with Crippen molar-refractivity contribution < 1.29 is 4.74 Å². The van der Waals surface area contributed by atoms with Gasteiger partial charge in [-0.05, 0) is 26.3 Å². The molecule has 3 rings (SSSR count). The van der Waals surface area contributed by atoms with Crippen molar-refractivity contribution in [1.29, 1.82) is 0 Å². The third kappa shape index (κ3) is 6.01. The molecule has 0 bridgehead atoms. The first kappa shape index (κ1) is 24.6. The van der Waals surface area contributed by atoms with E-state index < -0.39 is 0 Å². The zero-order chi connectivity index (χ0) is 18.4. The zero-order valence-electron chi connectivity index (χ0n) is 16.8. The molecule has 3 heterocycles. The molecule has 1 unspecified atom stereocenters. The molecular weight excluding hydrogens is 401 g/mol. The minimum atomic E-state index is 0. The molecule has 1 aliphatic heterocycles. The van der Waals surface area contributed by atoms with E-state index in [0.29, 0.717) is 0 Å². The predicted molar refractivity (Wildman–Crippen MR) is 115 cm³/mol. The van der Waals surface area contributed by atoms with Gasteiger partial charge < -0.3 is 19.9 Å². The highest BCUT2D eigenvalue weighted by molar-refractivity contribution is 5.85. The summed E-state index contributed by atoms with van der Waals surface area (Å²) in [6.07, 6.45) is 5.43. The first-order valence-electron chi connectivity index (χ1n) is 9.45. The maximum Gasteiger partial charge on any atom is 0.155 e. The quantitative estimate of drug-likeness (QED) is 0.619. The Hall–Kier alpha value is -1.48. The molecule has 0 saturated carbocycles. The van der Waals surface area contributed by atoms with Gasteiger partial charge in [-0.2, -0.15) is 0 Å². The summed E-state index contributed by atoms with van der Waals surface area (Å²) in [6.45, 7) is 7.69. The van der Waals surface area contributed by atoms with Crippen molar-refractivity contribution >= 4 is 30.6 Å². The van der Waals surface area contributed by atoms with E-state index in [1.165, 1.54) is 5.56 Å². The molecule has 0 radical (unpaired) electrons. The first-order chi connectivity index (χ1) is 12.7. The van der Waals surface area contributed by atoms with Gasteiger partial charge in [0.05, 0.1) is 11.7 Å². The van der Waals surface area contributed by atoms with E-state index in [9.17, 15) is 0 Å². The van der Waals surface area contributed by atoms with Gasteiger partial charge in [-0.3, -0.25) is 0 Å². The molecule has 0 spiro atoms. The van der Waals surface area contributed by atoms with Crippen LogP contribution in [0.3, 0.4) is 0 Å². The fourth-order valence-corrected chi connectivity index (χ4v) is 3.29. The van der Waals surface area contributed by atoms with Crippen LogP contribution in [0.5, 0.6) is 0 Å². The fourth-order valence-electron chi connectivity index (χ4n) is 3.29. The van der Waals surface area contributed by atoms with Crippen molar-refractivity contribution in [2.45, 2.75) is 52.1 Å². The topological polar surface area (TPSA) is 89.8 Å². The fraction of sp³-hybridized carbons (Fsp3) is 0.667. The lowest BCUT2D eigenvalue weighted by Crippen LogP contribution is -2.18. The van der Waals surface area contributed by atoms with Gasteiger partial charge in [0.1, 0.15) is 18.0 Å². The number of aryl methyl sites for hydroxylation is 2. The zero-order valence-corrected chi connectivity index (χ0v) is 18.4. The largest absolute Gasteiger partial charge is 0.385 e. The molecule has 0 fully saturated rings. The Morgan fingerprint density at radius 3 is 2.79 bits per heavy atom. The molecule has 2 aromatic heterocycles. The van der Waals surface area contributed by atoms with Gasteiger partial charge in [-0.1, -0.05) is 6.92 Å². The number of fused-ring (bicyclic) bond motifs is 1. The summed E-state index contributed by atoms with van der Waals surface area (Å²) in [5.41, 5.74) is 2.39. The van der Waals surface area contributed by atoms with E-state index in [-0.39, 0.29) is 30.9 Å². The Kier molecular flexibility index (Phi) is 10.7. The lowest BCUT2D eigenvalue weighted by molar-refractivity contribution is 0.190. The molecule has 0 amide bonds. The normalized spacial score (nSPS) is 14.2.